The summed E-state index contributed by atoms with van der Waals surface area (Å²) in [7, 11) is 0. The number of hydrogen-bond acceptors (Lipinski definition) is 9. The number of aromatic nitrogens is 4. The number of nitrogens with one attached hydrogen (secondary N) is 2. The third kappa shape index (κ3) is 4.17. The van der Waals surface area contributed by atoms with Gasteiger partial charge in [0.05, 0.1) is 37.2 Å². The number of morpholine rings is 1. The molecule has 4 heterocycles. The van der Waals surface area contributed by atoms with Crippen LogP contribution in [0.3, 0.4) is 0 Å². The molecule has 0 unspecified atom stereocenters. The topological polar surface area (TPSA) is 124 Å². The maximum atomic E-state index is 10.4. The quantitative estimate of drug-likeness (QED) is 0.555. The SMILES string of the molecule is N#Cc1cnc2c(Nc3cccc(N4CCOCC4)n3)cc(N[C@@H]3CCCC[C@H]3O)nn12. The largest absolute Gasteiger partial charge is 0.391 e. The van der Waals surface area contributed by atoms with Crippen LogP contribution in [-0.4, -0.2) is 63.1 Å². The third-order valence-electron chi connectivity index (χ3n) is 5.98. The van der Waals surface area contributed by atoms with E-state index in [1.165, 1.54) is 10.7 Å². The average Bonchev–Trinajstić information content (AvgIpc) is 3.25. The van der Waals surface area contributed by atoms with E-state index in [-0.39, 0.29) is 6.04 Å². The zero-order valence-corrected chi connectivity index (χ0v) is 17.7. The van der Waals surface area contributed by atoms with Gasteiger partial charge in [-0.3, -0.25) is 0 Å². The Balaban J connectivity index is 1.46. The molecule has 2 fully saturated rings. The molecule has 1 aliphatic carbocycles. The van der Waals surface area contributed by atoms with Crippen molar-refractivity contribution >= 4 is 28.8 Å². The van der Waals surface area contributed by atoms with Gasteiger partial charge in [0.1, 0.15) is 23.5 Å². The van der Waals surface area contributed by atoms with Crippen LogP contribution in [0.5, 0.6) is 0 Å². The number of aliphatic hydroxyl groups excluding tert-OH is 1. The van der Waals surface area contributed by atoms with Crippen molar-refractivity contribution in [2.75, 3.05) is 41.8 Å². The molecule has 3 N–H and O–H groups in total. The van der Waals surface area contributed by atoms with Gasteiger partial charge >= 0.3 is 0 Å². The lowest BCUT2D eigenvalue weighted by Crippen LogP contribution is -2.36. The van der Waals surface area contributed by atoms with E-state index in [9.17, 15) is 10.4 Å². The zero-order chi connectivity index (χ0) is 21.9. The van der Waals surface area contributed by atoms with E-state index >= 15 is 0 Å². The first-order valence-corrected chi connectivity index (χ1v) is 11.0. The first-order valence-electron chi connectivity index (χ1n) is 11.0. The van der Waals surface area contributed by atoms with E-state index in [4.69, 9.17) is 9.72 Å². The number of rotatable bonds is 5. The average molecular weight is 435 g/mol. The van der Waals surface area contributed by atoms with Crippen LogP contribution in [-0.2, 0) is 4.74 Å². The second-order valence-corrected chi connectivity index (χ2v) is 8.14. The smallest absolute Gasteiger partial charge is 0.179 e. The molecule has 3 aromatic rings. The van der Waals surface area contributed by atoms with Crippen LogP contribution in [0.2, 0.25) is 0 Å². The third-order valence-corrected chi connectivity index (χ3v) is 5.98. The molecule has 1 saturated carbocycles. The highest BCUT2D eigenvalue weighted by atomic mass is 16.5. The highest BCUT2D eigenvalue weighted by molar-refractivity contribution is 5.75. The van der Waals surface area contributed by atoms with Gasteiger partial charge in [-0.05, 0) is 25.0 Å². The number of imidazole rings is 1. The van der Waals surface area contributed by atoms with Crippen LogP contribution in [0.15, 0.2) is 30.5 Å². The standard InChI is InChI=1S/C22H26N8O2/c23-13-15-14-24-22-17(12-20(28-30(15)22)25-16-4-1-2-5-18(16)31)26-19-6-3-7-21(27-19)29-8-10-32-11-9-29/h3,6-7,12,14,16,18,31H,1-2,4-5,8-11H2,(H,25,28)(H,26,27)/t16-,18-/m1/s1. The van der Waals surface area contributed by atoms with Gasteiger partial charge < -0.3 is 25.4 Å². The number of fused-ring (bicyclic) bond motifs is 1. The van der Waals surface area contributed by atoms with Crippen LogP contribution in [0, 0.1) is 11.3 Å². The maximum Gasteiger partial charge on any atom is 0.179 e. The number of pyridine rings is 1. The monoisotopic (exact) mass is 434 g/mol. The molecule has 0 spiro atoms. The summed E-state index contributed by atoms with van der Waals surface area (Å²) in [6.07, 6.45) is 4.84. The molecule has 3 aromatic heterocycles. The molecular weight excluding hydrogens is 408 g/mol. The highest BCUT2D eigenvalue weighted by Crippen LogP contribution is 2.27. The second-order valence-electron chi connectivity index (χ2n) is 8.14. The molecule has 0 amide bonds. The Kier molecular flexibility index (Phi) is 5.75. The Morgan fingerprint density at radius 2 is 2.00 bits per heavy atom. The van der Waals surface area contributed by atoms with Gasteiger partial charge in [0.25, 0.3) is 0 Å². The minimum Gasteiger partial charge on any atom is -0.391 e. The van der Waals surface area contributed by atoms with E-state index in [1.807, 2.05) is 24.3 Å². The molecule has 0 bridgehead atoms. The molecule has 5 rings (SSSR count). The number of ether oxygens (including phenoxy) is 1. The minimum absolute atomic E-state index is 0.0709. The molecule has 2 atom stereocenters. The number of hydrogen-bond donors (Lipinski definition) is 3. The van der Waals surface area contributed by atoms with Crippen LogP contribution < -0.4 is 15.5 Å². The van der Waals surface area contributed by atoms with E-state index in [2.05, 4.69) is 31.7 Å². The van der Waals surface area contributed by atoms with Gasteiger partial charge in [-0.25, -0.2) is 9.97 Å². The van der Waals surface area contributed by atoms with Crippen molar-refractivity contribution in [2.45, 2.75) is 37.8 Å². The fraction of sp³-hybridized carbons (Fsp3) is 0.455. The summed E-state index contributed by atoms with van der Waals surface area (Å²) in [5, 5.41) is 31.1. The lowest BCUT2D eigenvalue weighted by molar-refractivity contribution is 0.116. The molecule has 32 heavy (non-hydrogen) atoms. The van der Waals surface area contributed by atoms with Crippen LogP contribution in [0.1, 0.15) is 31.4 Å². The van der Waals surface area contributed by atoms with Gasteiger partial charge in [0.15, 0.2) is 11.3 Å². The normalized spacial score (nSPS) is 21.3. The number of anilines is 4. The summed E-state index contributed by atoms with van der Waals surface area (Å²) >= 11 is 0. The van der Waals surface area contributed by atoms with Gasteiger partial charge in [0.2, 0.25) is 0 Å². The summed E-state index contributed by atoms with van der Waals surface area (Å²) in [5.74, 6) is 2.13. The Labute approximate surface area is 185 Å². The van der Waals surface area contributed by atoms with Crippen molar-refractivity contribution < 1.29 is 9.84 Å². The summed E-state index contributed by atoms with van der Waals surface area (Å²) in [5.41, 5.74) is 1.56. The summed E-state index contributed by atoms with van der Waals surface area (Å²) in [6.45, 7) is 2.99. The van der Waals surface area contributed by atoms with E-state index in [1.54, 1.807) is 0 Å². The first kappa shape index (κ1) is 20.5. The molecule has 0 aromatic carbocycles. The fourth-order valence-electron chi connectivity index (χ4n) is 4.28. The number of nitrogens with zero attached hydrogens (tertiary/aromatic N) is 6. The Hall–Kier alpha value is -3.42. The van der Waals surface area contributed by atoms with Gasteiger partial charge in [-0.2, -0.15) is 9.78 Å². The van der Waals surface area contributed by atoms with E-state index < -0.39 is 6.10 Å². The first-order chi connectivity index (χ1) is 15.7. The Bertz CT molecular complexity index is 1130. The van der Waals surface area contributed by atoms with Crippen LogP contribution >= 0.6 is 0 Å². The molecule has 166 valence electrons. The van der Waals surface area contributed by atoms with Crippen molar-refractivity contribution in [2.24, 2.45) is 0 Å². The Morgan fingerprint density at radius 3 is 2.81 bits per heavy atom. The maximum absolute atomic E-state index is 10.4. The zero-order valence-electron chi connectivity index (χ0n) is 17.7. The summed E-state index contributed by atoms with van der Waals surface area (Å²) in [4.78, 5) is 11.3. The number of aliphatic hydroxyl groups is 1. The second kappa shape index (κ2) is 8.98. The van der Waals surface area contributed by atoms with E-state index in [0.29, 0.717) is 41.9 Å². The van der Waals surface area contributed by atoms with Gasteiger partial charge in [0, 0.05) is 19.2 Å². The molecule has 10 heteroatoms. The lowest BCUT2D eigenvalue weighted by Gasteiger charge is -2.29. The van der Waals surface area contributed by atoms with Gasteiger partial charge in [-0.15, -0.1) is 5.10 Å². The van der Waals surface area contributed by atoms with Crippen molar-refractivity contribution in [3.8, 4) is 6.07 Å². The molecule has 10 nitrogen and oxygen atoms in total. The van der Waals surface area contributed by atoms with Gasteiger partial charge in [-0.1, -0.05) is 18.9 Å². The number of nitriles is 1. The molecular formula is C22H26N8O2. The van der Waals surface area contributed by atoms with Crippen molar-refractivity contribution in [3.05, 3.63) is 36.2 Å². The highest BCUT2D eigenvalue weighted by Gasteiger charge is 2.24. The molecule has 2 aliphatic rings. The van der Waals surface area contributed by atoms with Crippen molar-refractivity contribution in [3.63, 3.8) is 0 Å². The van der Waals surface area contributed by atoms with Crippen LogP contribution in [0.25, 0.3) is 5.65 Å². The molecule has 1 saturated heterocycles. The lowest BCUT2D eigenvalue weighted by atomic mass is 9.92. The summed E-state index contributed by atoms with van der Waals surface area (Å²) < 4.78 is 6.96. The predicted molar refractivity (Wildman–Crippen MR) is 120 cm³/mol. The van der Waals surface area contributed by atoms with Crippen molar-refractivity contribution in [1.29, 1.82) is 5.26 Å². The Morgan fingerprint density at radius 1 is 1.16 bits per heavy atom. The fourth-order valence-corrected chi connectivity index (χ4v) is 4.28. The molecule has 1 aliphatic heterocycles. The summed E-state index contributed by atoms with van der Waals surface area (Å²) in [6, 6.07) is 9.76. The van der Waals surface area contributed by atoms with E-state index in [0.717, 1.165) is 44.6 Å². The molecule has 0 radical (unpaired) electrons. The predicted octanol–water partition coefficient (Wildman–Crippen LogP) is 2.29. The minimum atomic E-state index is -0.414. The van der Waals surface area contributed by atoms with Crippen molar-refractivity contribution in [1.82, 2.24) is 19.6 Å². The van der Waals surface area contributed by atoms with Crippen LogP contribution in [0.4, 0.5) is 23.1 Å².